The van der Waals surface area contributed by atoms with E-state index in [1.807, 2.05) is 48.9 Å². The van der Waals surface area contributed by atoms with Gasteiger partial charge in [0, 0.05) is 42.8 Å². The van der Waals surface area contributed by atoms with E-state index in [2.05, 4.69) is 20.2 Å². The lowest BCUT2D eigenvalue weighted by molar-refractivity contribution is 0.413. The van der Waals surface area contributed by atoms with Crippen LogP contribution in [0.1, 0.15) is 24.2 Å². The van der Waals surface area contributed by atoms with Crippen molar-refractivity contribution < 1.29 is 4.74 Å². The third kappa shape index (κ3) is 3.72. The number of methoxy groups -OCH3 is 1. The van der Waals surface area contributed by atoms with Crippen molar-refractivity contribution in [3.63, 3.8) is 0 Å². The number of benzene rings is 1. The predicted octanol–water partition coefficient (Wildman–Crippen LogP) is 3.63. The Morgan fingerprint density at radius 2 is 1.85 bits per heavy atom. The number of hydrogen-bond acceptors (Lipinski definition) is 6. The Hall–Kier alpha value is -3.09. The number of ether oxygens (including phenoxy) is 1. The second-order valence-electron chi connectivity index (χ2n) is 6.82. The average Bonchev–Trinajstić information content (AvgIpc) is 3.33. The van der Waals surface area contributed by atoms with Crippen LogP contribution in [0, 0.1) is 13.8 Å². The fourth-order valence-electron chi connectivity index (χ4n) is 3.35. The molecule has 1 saturated heterocycles. The molecule has 2 aromatic heterocycles. The van der Waals surface area contributed by atoms with Gasteiger partial charge in [0.05, 0.1) is 24.8 Å². The number of anilines is 3. The Morgan fingerprint density at radius 1 is 1.04 bits per heavy atom. The first kappa shape index (κ1) is 17.3. The van der Waals surface area contributed by atoms with Crippen LogP contribution in [0.15, 0.2) is 36.8 Å². The number of hydrogen-bond donors (Lipinski definition) is 1. The first-order chi connectivity index (χ1) is 13.1. The van der Waals surface area contributed by atoms with Crippen LogP contribution in [-0.2, 0) is 0 Å². The summed E-state index contributed by atoms with van der Waals surface area (Å²) in [7, 11) is 1.67. The van der Waals surface area contributed by atoms with Crippen LogP contribution < -0.4 is 15.0 Å². The van der Waals surface area contributed by atoms with Crippen molar-refractivity contribution in [1.29, 1.82) is 0 Å². The van der Waals surface area contributed by atoms with E-state index in [1.165, 1.54) is 12.8 Å². The van der Waals surface area contributed by atoms with E-state index in [0.717, 1.165) is 53.4 Å². The normalized spacial score (nSPS) is 13.8. The summed E-state index contributed by atoms with van der Waals surface area (Å²) >= 11 is 0. The molecule has 3 heterocycles. The van der Waals surface area contributed by atoms with Crippen LogP contribution in [0.3, 0.4) is 0 Å². The lowest BCUT2D eigenvalue weighted by Gasteiger charge is -2.17. The summed E-state index contributed by atoms with van der Waals surface area (Å²) in [6, 6.07) is 7.95. The fraction of sp³-hybridized carbons (Fsp3) is 0.350. The van der Waals surface area contributed by atoms with E-state index in [0.29, 0.717) is 0 Å². The summed E-state index contributed by atoms with van der Waals surface area (Å²) in [5, 5.41) is 3.38. The van der Waals surface area contributed by atoms with Gasteiger partial charge in [0.2, 0.25) is 5.95 Å². The molecule has 1 N–H and O–H groups in total. The highest BCUT2D eigenvalue weighted by atomic mass is 16.5. The third-order valence-electron chi connectivity index (χ3n) is 4.67. The summed E-state index contributed by atoms with van der Waals surface area (Å²) in [5.74, 6) is 2.35. The van der Waals surface area contributed by atoms with Crippen molar-refractivity contribution in [2.45, 2.75) is 26.7 Å². The van der Waals surface area contributed by atoms with Crippen LogP contribution in [0.2, 0.25) is 0 Å². The number of aryl methyl sites for hydroxylation is 2. The van der Waals surface area contributed by atoms with Crippen LogP contribution in [-0.4, -0.2) is 39.7 Å². The van der Waals surface area contributed by atoms with Gasteiger partial charge in [-0.25, -0.2) is 9.97 Å². The molecular weight excluding hydrogens is 340 g/mol. The molecule has 7 heteroatoms. The Kier molecular flexibility index (Phi) is 4.66. The van der Waals surface area contributed by atoms with Crippen molar-refractivity contribution in [3.05, 3.63) is 48.2 Å². The van der Waals surface area contributed by atoms with Gasteiger partial charge in [0.15, 0.2) is 0 Å². The summed E-state index contributed by atoms with van der Waals surface area (Å²) in [6.07, 6.45) is 6.16. The van der Waals surface area contributed by atoms with Crippen LogP contribution in [0.4, 0.5) is 17.5 Å². The smallest absolute Gasteiger partial charge is 0.227 e. The number of rotatable bonds is 5. The number of imidazole rings is 1. The molecule has 1 aliphatic rings. The van der Waals surface area contributed by atoms with Crippen LogP contribution in [0.25, 0.3) is 5.69 Å². The van der Waals surface area contributed by atoms with Gasteiger partial charge in [-0.2, -0.15) is 4.98 Å². The summed E-state index contributed by atoms with van der Waals surface area (Å²) in [6.45, 7) is 6.01. The van der Waals surface area contributed by atoms with Gasteiger partial charge in [0.1, 0.15) is 11.6 Å². The first-order valence-electron chi connectivity index (χ1n) is 9.19. The van der Waals surface area contributed by atoms with E-state index in [1.54, 1.807) is 13.4 Å². The molecule has 1 fully saturated rings. The zero-order valence-corrected chi connectivity index (χ0v) is 15.9. The van der Waals surface area contributed by atoms with Gasteiger partial charge in [-0.3, -0.25) is 0 Å². The fourth-order valence-corrected chi connectivity index (χ4v) is 3.35. The zero-order chi connectivity index (χ0) is 18.8. The second kappa shape index (κ2) is 7.26. The van der Waals surface area contributed by atoms with Gasteiger partial charge in [0.25, 0.3) is 0 Å². The zero-order valence-electron chi connectivity index (χ0n) is 15.9. The maximum absolute atomic E-state index is 5.59. The van der Waals surface area contributed by atoms with Crippen molar-refractivity contribution in [2.75, 3.05) is 30.4 Å². The monoisotopic (exact) mass is 364 g/mol. The van der Waals surface area contributed by atoms with E-state index in [9.17, 15) is 0 Å². The van der Waals surface area contributed by atoms with E-state index < -0.39 is 0 Å². The van der Waals surface area contributed by atoms with Gasteiger partial charge < -0.3 is 19.5 Å². The van der Waals surface area contributed by atoms with Gasteiger partial charge in [-0.1, -0.05) is 0 Å². The molecule has 0 radical (unpaired) electrons. The van der Waals surface area contributed by atoms with E-state index in [4.69, 9.17) is 9.72 Å². The highest BCUT2D eigenvalue weighted by Crippen LogP contribution is 2.29. The molecular formula is C20H24N6O. The van der Waals surface area contributed by atoms with Crippen molar-refractivity contribution in [3.8, 4) is 11.4 Å². The minimum absolute atomic E-state index is 0.767. The molecule has 140 valence electrons. The second-order valence-corrected chi connectivity index (χ2v) is 6.82. The van der Waals surface area contributed by atoms with Crippen molar-refractivity contribution in [2.24, 2.45) is 0 Å². The minimum Gasteiger partial charge on any atom is -0.494 e. The van der Waals surface area contributed by atoms with Crippen LogP contribution >= 0.6 is 0 Å². The van der Waals surface area contributed by atoms with Crippen LogP contribution in [0.5, 0.6) is 5.75 Å². The highest BCUT2D eigenvalue weighted by Gasteiger charge is 2.16. The first-order valence-corrected chi connectivity index (χ1v) is 9.19. The molecule has 0 atom stereocenters. The van der Waals surface area contributed by atoms with Crippen molar-refractivity contribution in [1.82, 2.24) is 19.5 Å². The van der Waals surface area contributed by atoms with Crippen molar-refractivity contribution >= 4 is 17.5 Å². The third-order valence-corrected chi connectivity index (χ3v) is 4.67. The molecule has 0 bridgehead atoms. The molecule has 0 saturated carbocycles. The Morgan fingerprint density at radius 3 is 2.56 bits per heavy atom. The number of nitrogens with one attached hydrogen (secondary N) is 1. The van der Waals surface area contributed by atoms with Gasteiger partial charge in [-0.05, 0) is 38.8 Å². The molecule has 0 unspecified atom stereocenters. The molecule has 4 rings (SSSR count). The summed E-state index contributed by atoms with van der Waals surface area (Å²) in [5.41, 5.74) is 3.77. The number of aromatic nitrogens is 4. The van der Waals surface area contributed by atoms with E-state index >= 15 is 0 Å². The van der Waals surface area contributed by atoms with Gasteiger partial charge in [-0.15, -0.1) is 0 Å². The maximum Gasteiger partial charge on any atom is 0.227 e. The SMILES string of the molecule is COc1cc(Nc2cc(C)nc(N3CCCC3)n2)ccc1-n1cnc(C)c1. The standard InChI is InChI=1S/C20H24N6O/c1-14-10-19(24-20(22-14)25-8-4-5-9-25)23-16-6-7-17(18(11-16)27-3)26-12-15(2)21-13-26/h6-7,10-13H,4-5,8-9H2,1-3H3,(H,22,23,24). The Bertz CT molecular complexity index is 945. The molecule has 0 aliphatic carbocycles. The molecule has 1 aliphatic heterocycles. The molecule has 7 nitrogen and oxygen atoms in total. The molecule has 27 heavy (non-hydrogen) atoms. The quantitative estimate of drug-likeness (QED) is 0.746. The summed E-state index contributed by atoms with van der Waals surface area (Å²) < 4.78 is 7.54. The Balaban J connectivity index is 1.61. The van der Waals surface area contributed by atoms with E-state index in [-0.39, 0.29) is 0 Å². The average molecular weight is 364 g/mol. The molecule has 0 amide bonds. The molecule has 3 aromatic rings. The number of nitrogens with zero attached hydrogens (tertiary/aromatic N) is 5. The molecule has 0 spiro atoms. The lowest BCUT2D eigenvalue weighted by Crippen LogP contribution is -2.21. The summed E-state index contributed by atoms with van der Waals surface area (Å²) in [4.78, 5) is 15.8. The van der Waals surface area contributed by atoms with Gasteiger partial charge >= 0.3 is 0 Å². The largest absolute Gasteiger partial charge is 0.494 e. The maximum atomic E-state index is 5.59. The Labute approximate surface area is 159 Å². The minimum atomic E-state index is 0.767. The highest BCUT2D eigenvalue weighted by molar-refractivity contribution is 5.64. The lowest BCUT2D eigenvalue weighted by atomic mass is 10.2. The topological polar surface area (TPSA) is 68.1 Å². The molecule has 1 aromatic carbocycles. The predicted molar refractivity (Wildman–Crippen MR) is 106 cm³/mol.